The fourth-order valence-electron chi connectivity index (χ4n) is 2.65. The quantitative estimate of drug-likeness (QED) is 0.760. The first-order chi connectivity index (χ1) is 11.2. The molecule has 0 aromatic carbocycles. The van der Waals surface area contributed by atoms with Crippen molar-refractivity contribution in [1.82, 2.24) is 14.2 Å². The number of hydrogen-bond donors (Lipinski definition) is 0. The highest BCUT2D eigenvalue weighted by molar-refractivity contribution is 7.89. The normalized spacial score (nSPS) is 18.7. The molecule has 0 N–H and O–H groups in total. The van der Waals surface area contributed by atoms with Crippen LogP contribution >= 0.6 is 11.3 Å². The Bertz CT molecular complexity index is 623. The van der Waals surface area contributed by atoms with Crippen molar-refractivity contribution in [2.24, 2.45) is 0 Å². The molecule has 1 aliphatic rings. The molecule has 1 aliphatic heterocycles. The van der Waals surface area contributed by atoms with Crippen molar-refractivity contribution >= 4 is 21.4 Å². The summed E-state index contributed by atoms with van der Waals surface area (Å²) in [5, 5.41) is 3.27. The van der Waals surface area contributed by atoms with E-state index in [1.165, 1.54) is 7.11 Å². The monoisotopic (exact) mass is 375 g/mol. The summed E-state index contributed by atoms with van der Waals surface area (Å²) in [5.41, 5.74) is 1.16. The molecule has 0 amide bonds. The van der Waals surface area contributed by atoms with Gasteiger partial charge in [-0.05, 0) is 13.0 Å². The summed E-state index contributed by atoms with van der Waals surface area (Å²) < 4.78 is 31.1. The molecule has 0 saturated carbocycles. The molecule has 6 nitrogen and oxygen atoms in total. The van der Waals surface area contributed by atoms with Crippen LogP contribution in [0.15, 0.2) is 5.38 Å². The first kappa shape index (κ1) is 19.8. The Balaban J connectivity index is 1.92. The topological polar surface area (TPSA) is 62.7 Å². The largest absolute Gasteiger partial charge is 0.384 e. The number of methoxy groups -OCH3 is 1. The van der Waals surface area contributed by atoms with Gasteiger partial charge in [-0.2, -0.15) is 0 Å². The van der Waals surface area contributed by atoms with Gasteiger partial charge >= 0.3 is 0 Å². The second-order valence-corrected chi connectivity index (χ2v) is 10.2. The second-order valence-electron chi connectivity index (χ2n) is 7.23. The van der Waals surface area contributed by atoms with Crippen LogP contribution in [0.5, 0.6) is 0 Å². The fraction of sp³-hybridized carbons (Fsp3) is 0.812. The Kier molecular flexibility index (Phi) is 6.78. The zero-order valence-electron chi connectivity index (χ0n) is 15.1. The van der Waals surface area contributed by atoms with Crippen LogP contribution in [0.3, 0.4) is 0 Å². The molecule has 0 spiro atoms. The number of ether oxygens (including phenoxy) is 1. The Morgan fingerprint density at radius 1 is 1.25 bits per heavy atom. The number of thiazole rings is 1. The first-order valence-corrected chi connectivity index (χ1v) is 10.9. The van der Waals surface area contributed by atoms with Gasteiger partial charge in [-0.15, -0.1) is 11.3 Å². The van der Waals surface area contributed by atoms with E-state index in [4.69, 9.17) is 9.72 Å². The summed E-state index contributed by atoms with van der Waals surface area (Å²) >= 11 is 1.71. The molecule has 0 radical (unpaired) electrons. The first-order valence-electron chi connectivity index (χ1n) is 8.36. The summed E-state index contributed by atoms with van der Waals surface area (Å²) in [6.07, 6.45) is 0.850. The van der Waals surface area contributed by atoms with Gasteiger partial charge in [0, 0.05) is 44.1 Å². The van der Waals surface area contributed by atoms with Gasteiger partial charge in [0.05, 0.1) is 23.1 Å². The third kappa shape index (κ3) is 5.49. The van der Waals surface area contributed by atoms with Crippen molar-refractivity contribution in [2.75, 3.05) is 45.6 Å². The fourth-order valence-corrected chi connectivity index (χ4v) is 4.96. The zero-order chi connectivity index (χ0) is 17.8. The third-order valence-corrected chi connectivity index (χ3v) is 7.22. The Labute approximate surface area is 149 Å². The van der Waals surface area contributed by atoms with Crippen molar-refractivity contribution in [3.05, 3.63) is 16.1 Å². The Hall–Kier alpha value is -0.540. The average molecular weight is 376 g/mol. The number of aromatic nitrogens is 1. The van der Waals surface area contributed by atoms with Crippen LogP contribution < -0.4 is 0 Å². The highest BCUT2D eigenvalue weighted by Crippen LogP contribution is 2.26. The lowest BCUT2D eigenvalue weighted by Crippen LogP contribution is -2.37. The molecule has 1 saturated heterocycles. The predicted molar refractivity (Wildman–Crippen MR) is 97.9 cm³/mol. The second kappa shape index (κ2) is 8.23. The maximum absolute atomic E-state index is 12.3. The minimum Gasteiger partial charge on any atom is -0.384 e. The summed E-state index contributed by atoms with van der Waals surface area (Å²) in [5.74, 6) is 0.0600. The third-order valence-electron chi connectivity index (χ3n) is 4.07. The SMILES string of the molecule is COCCS(=O)(=O)N1CCCN(Cc2csc(C(C)(C)C)n2)CC1. The van der Waals surface area contributed by atoms with E-state index >= 15 is 0 Å². The van der Waals surface area contributed by atoms with Crippen LogP contribution in [0, 0.1) is 0 Å². The predicted octanol–water partition coefficient (Wildman–Crippen LogP) is 1.92. The lowest BCUT2D eigenvalue weighted by molar-refractivity contribution is 0.215. The van der Waals surface area contributed by atoms with Crippen LogP contribution in [-0.4, -0.2) is 68.3 Å². The highest BCUT2D eigenvalue weighted by Gasteiger charge is 2.25. The number of sulfonamides is 1. The van der Waals surface area contributed by atoms with Gasteiger partial charge in [0.2, 0.25) is 10.0 Å². The molecule has 24 heavy (non-hydrogen) atoms. The van der Waals surface area contributed by atoms with Crippen molar-refractivity contribution in [3.8, 4) is 0 Å². The molecule has 0 bridgehead atoms. The molecule has 1 aromatic rings. The molecule has 0 atom stereocenters. The van der Waals surface area contributed by atoms with Gasteiger partial charge in [-0.25, -0.2) is 17.7 Å². The van der Waals surface area contributed by atoms with Gasteiger partial charge in [0.1, 0.15) is 0 Å². The van der Waals surface area contributed by atoms with Crippen LogP contribution in [0.4, 0.5) is 0 Å². The van der Waals surface area contributed by atoms with E-state index in [9.17, 15) is 8.42 Å². The van der Waals surface area contributed by atoms with E-state index in [2.05, 4.69) is 31.1 Å². The molecular weight excluding hydrogens is 346 g/mol. The molecule has 0 unspecified atom stereocenters. The average Bonchev–Trinajstić information content (AvgIpc) is 2.84. The van der Waals surface area contributed by atoms with Crippen molar-refractivity contribution in [2.45, 2.75) is 39.2 Å². The lowest BCUT2D eigenvalue weighted by atomic mass is 9.98. The van der Waals surface area contributed by atoms with Crippen LogP contribution in [0.25, 0.3) is 0 Å². The molecule has 2 heterocycles. The van der Waals surface area contributed by atoms with Crippen LogP contribution in [-0.2, 0) is 26.7 Å². The minimum atomic E-state index is -3.21. The number of hydrogen-bond acceptors (Lipinski definition) is 6. The number of nitrogens with zero attached hydrogens (tertiary/aromatic N) is 3. The summed E-state index contributed by atoms with van der Waals surface area (Å²) in [6, 6.07) is 0. The van der Waals surface area contributed by atoms with Gasteiger partial charge in [-0.1, -0.05) is 20.8 Å². The van der Waals surface area contributed by atoms with E-state index in [1.54, 1.807) is 15.6 Å². The highest BCUT2D eigenvalue weighted by atomic mass is 32.2. The van der Waals surface area contributed by atoms with Gasteiger partial charge < -0.3 is 4.74 Å². The zero-order valence-corrected chi connectivity index (χ0v) is 16.8. The van der Waals surface area contributed by atoms with E-state index in [-0.39, 0.29) is 17.8 Å². The molecule has 2 rings (SSSR count). The maximum Gasteiger partial charge on any atom is 0.216 e. The molecule has 1 aromatic heterocycles. The Morgan fingerprint density at radius 3 is 2.62 bits per heavy atom. The van der Waals surface area contributed by atoms with E-state index in [0.29, 0.717) is 13.1 Å². The standard InChI is InChI=1S/C16H29N3O3S2/c1-16(2,3)15-17-14(13-23-15)12-18-6-5-7-19(9-8-18)24(20,21)11-10-22-4/h13H,5-12H2,1-4H3. The maximum atomic E-state index is 12.3. The molecule has 8 heteroatoms. The van der Waals surface area contributed by atoms with Gasteiger partial charge in [0.25, 0.3) is 0 Å². The molecule has 1 fully saturated rings. The number of rotatable bonds is 6. The summed E-state index contributed by atoms with van der Waals surface area (Å²) in [4.78, 5) is 7.04. The summed E-state index contributed by atoms with van der Waals surface area (Å²) in [6.45, 7) is 10.3. The molecule has 0 aliphatic carbocycles. The van der Waals surface area contributed by atoms with Crippen molar-refractivity contribution < 1.29 is 13.2 Å². The molecular formula is C16H29N3O3S2. The van der Waals surface area contributed by atoms with Gasteiger partial charge in [0.15, 0.2) is 0 Å². The van der Waals surface area contributed by atoms with Crippen molar-refractivity contribution in [3.63, 3.8) is 0 Å². The van der Waals surface area contributed by atoms with Gasteiger partial charge in [-0.3, -0.25) is 4.90 Å². The Morgan fingerprint density at radius 2 is 2.00 bits per heavy atom. The van der Waals surface area contributed by atoms with Crippen LogP contribution in [0.2, 0.25) is 0 Å². The van der Waals surface area contributed by atoms with E-state index in [1.807, 2.05) is 0 Å². The summed E-state index contributed by atoms with van der Waals surface area (Å²) in [7, 11) is -1.69. The minimum absolute atomic E-state index is 0.0600. The van der Waals surface area contributed by atoms with Crippen LogP contribution in [0.1, 0.15) is 37.9 Å². The van der Waals surface area contributed by atoms with Crippen molar-refractivity contribution in [1.29, 1.82) is 0 Å². The molecule has 138 valence electrons. The van der Waals surface area contributed by atoms with E-state index < -0.39 is 10.0 Å². The van der Waals surface area contributed by atoms with E-state index in [0.717, 1.165) is 36.8 Å². The lowest BCUT2D eigenvalue weighted by Gasteiger charge is -2.21. The smallest absolute Gasteiger partial charge is 0.216 e.